The van der Waals surface area contributed by atoms with Crippen LogP contribution in [0.2, 0.25) is 10.0 Å². The van der Waals surface area contributed by atoms with Gasteiger partial charge in [0, 0.05) is 6.04 Å². The number of nitrogens with two attached hydrogens (primary N) is 1. The molecule has 0 heterocycles. The van der Waals surface area contributed by atoms with Crippen molar-refractivity contribution in [1.29, 1.82) is 0 Å². The smallest absolute Gasteiger partial charge is 0.242 e. The van der Waals surface area contributed by atoms with E-state index in [9.17, 15) is 8.42 Å². The standard InChI is InChI=1S/C10H14Cl2N2O2S/c1-3-6(2)14-17(15,16)8-5-4-7(11)10(13)9(8)12/h4-6,14H,3,13H2,1-2H3. The molecule has 0 spiro atoms. The highest BCUT2D eigenvalue weighted by molar-refractivity contribution is 7.89. The van der Waals surface area contributed by atoms with Crippen LogP contribution in [0.3, 0.4) is 0 Å². The molecule has 0 radical (unpaired) electrons. The van der Waals surface area contributed by atoms with Gasteiger partial charge in [-0.05, 0) is 25.5 Å². The second kappa shape index (κ2) is 5.44. The molecule has 0 aliphatic rings. The van der Waals surface area contributed by atoms with E-state index in [1.165, 1.54) is 12.1 Å². The number of benzene rings is 1. The number of hydrogen-bond donors (Lipinski definition) is 2. The number of nitrogens with one attached hydrogen (secondary N) is 1. The van der Waals surface area contributed by atoms with Crippen molar-refractivity contribution in [3.63, 3.8) is 0 Å². The van der Waals surface area contributed by atoms with Crippen molar-refractivity contribution in [3.05, 3.63) is 22.2 Å². The van der Waals surface area contributed by atoms with Crippen LogP contribution < -0.4 is 10.5 Å². The van der Waals surface area contributed by atoms with E-state index in [4.69, 9.17) is 28.9 Å². The largest absolute Gasteiger partial charge is 0.396 e. The van der Waals surface area contributed by atoms with Crippen LogP contribution in [-0.4, -0.2) is 14.5 Å². The van der Waals surface area contributed by atoms with Crippen LogP contribution >= 0.6 is 23.2 Å². The molecule has 7 heteroatoms. The van der Waals surface area contributed by atoms with Crippen LogP contribution in [0, 0.1) is 0 Å². The Balaban J connectivity index is 3.21. The van der Waals surface area contributed by atoms with Gasteiger partial charge in [0.2, 0.25) is 10.0 Å². The highest BCUT2D eigenvalue weighted by atomic mass is 35.5. The maximum Gasteiger partial charge on any atom is 0.242 e. The van der Waals surface area contributed by atoms with Crippen molar-refractivity contribution in [2.24, 2.45) is 0 Å². The number of anilines is 1. The highest BCUT2D eigenvalue weighted by Crippen LogP contribution is 2.33. The molecule has 0 saturated carbocycles. The molecule has 1 rings (SSSR count). The molecule has 96 valence electrons. The van der Waals surface area contributed by atoms with Crippen LogP contribution in [0.4, 0.5) is 5.69 Å². The van der Waals surface area contributed by atoms with Crippen molar-refractivity contribution < 1.29 is 8.42 Å². The molecule has 0 saturated heterocycles. The van der Waals surface area contributed by atoms with Gasteiger partial charge in [0.15, 0.2) is 0 Å². The van der Waals surface area contributed by atoms with Crippen LogP contribution in [0.5, 0.6) is 0 Å². The third kappa shape index (κ3) is 3.25. The first-order chi connectivity index (χ1) is 7.79. The third-order valence-corrected chi connectivity index (χ3v) is 4.83. The molecule has 1 unspecified atom stereocenters. The highest BCUT2D eigenvalue weighted by Gasteiger charge is 2.21. The Labute approximate surface area is 111 Å². The predicted octanol–water partition coefficient (Wildman–Crippen LogP) is 2.65. The van der Waals surface area contributed by atoms with Gasteiger partial charge in [-0.1, -0.05) is 30.1 Å². The normalized spacial score (nSPS) is 13.6. The van der Waals surface area contributed by atoms with Gasteiger partial charge >= 0.3 is 0 Å². The Kier molecular flexibility index (Phi) is 4.66. The molecular weight excluding hydrogens is 283 g/mol. The van der Waals surface area contributed by atoms with Crippen molar-refractivity contribution in [1.82, 2.24) is 4.72 Å². The Hall–Kier alpha value is -0.490. The van der Waals surface area contributed by atoms with Crippen LogP contribution in [0.15, 0.2) is 17.0 Å². The molecule has 0 amide bonds. The van der Waals surface area contributed by atoms with Crippen molar-refractivity contribution >= 4 is 38.9 Å². The van der Waals surface area contributed by atoms with E-state index in [0.717, 1.165) is 0 Å². The van der Waals surface area contributed by atoms with Crippen LogP contribution in [0.1, 0.15) is 20.3 Å². The number of sulfonamides is 1. The lowest BCUT2D eigenvalue weighted by molar-refractivity contribution is 0.556. The van der Waals surface area contributed by atoms with Crippen molar-refractivity contribution in [2.75, 3.05) is 5.73 Å². The van der Waals surface area contributed by atoms with E-state index < -0.39 is 10.0 Å². The molecule has 0 aliphatic heterocycles. The Morgan fingerprint density at radius 1 is 1.41 bits per heavy atom. The summed E-state index contributed by atoms with van der Waals surface area (Å²) in [5.74, 6) is 0. The van der Waals surface area contributed by atoms with E-state index in [2.05, 4.69) is 4.72 Å². The maximum absolute atomic E-state index is 12.0. The Bertz CT molecular complexity index is 517. The quantitative estimate of drug-likeness (QED) is 0.839. The minimum absolute atomic E-state index is 0.0479. The summed E-state index contributed by atoms with van der Waals surface area (Å²) >= 11 is 11.6. The fraction of sp³-hybridized carbons (Fsp3) is 0.400. The molecule has 4 nitrogen and oxygen atoms in total. The van der Waals surface area contributed by atoms with E-state index >= 15 is 0 Å². The SMILES string of the molecule is CCC(C)NS(=O)(=O)c1ccc(Cl)c(N)c1Cl. The molecule has 0 aromatic heterocycles. The zero-order valence-corrected chi connectivity index (χ0v) is 11.8. The predicted molar refractivity (Wildman–Crippen MR) is 70.9 cm³/mol. The summed E-state index contributed by atoms with van der Waals surface area (Å²) in [5.41, 5.74) is 5.66. The molecule has 0 fully saturated rings. The number of rotatable bonds is 4. The first-order valence-electron chi connectivity index (χ1n) is 5.05. The number of halogens is 2. The molecule has 17 heavy (non-hydrogen) atoms. The van der Waals surface area contributed by atoms with Crippen LogP contribution in [-0.2, 0) is 10.0 Å². The average molecular weight is 297 g/mol. The van der Waals surface area contributed by atoms with Gasteiger partial charge in [-0.15, -0.1) is 0 Å². The van der Waals surface area contributed by atoms with E-state index in [1.807, 2.05) is 6.92 Å². The lowest BCUT2D eigenvalue weighted by atomic mass is 10.3. The molecular formula is C10H14Cl2N2O2S. The monoisotopic (exact) mass is 296 g/mol. The first-order valence-corrected chi connectivity index (χ1v) is 7.29. The van der Waals surface area contributed by atoms with Gasteiger partial charge in [0.05, 0.1) is 15.7 Å². The topological polar surface area (TPSA) is 72.2 Å². The summed E-state index contributed by atoms with van der Waals surface area (Å²) in [6.07, 6.45) is 0.680. The van der Waals surface area contributed by atoms with Gasteiger partial charge < -0.3 is 5.73 Å². The maximum atomic E-state index is 12.0. The molecule has 1 aromatic carbocycles. The van der Waals surface area contributed by atoms with E-state index in [0.29, 0.717) is 6.42 Å². The van der Waals surface area contributed by atoms with Crippen molar-refractivity contribution in [2.45, 2.75) is 31.2 Å². The van der Waals surface area contributed by atoms with Gasteiger partial charge in [-0.25, -0.2) is 13.1 Å². The molecule has 3 N–H and O–H groups in total. The van der Waals surface area contributed by atoms with E-state index in [1.54, 1.807) is 6.92 Å². The van der Waals surface area contributed by atoms with Gasteiger partial charge in [0.25, 0.3) is 0 Å². The van der Waals surface area contributed by atoms with Gasteiger partial charge in [-0.2, -0.15) is 0 Å². The summed E-state index contributed by atoms with van der Waals surface area (Å²) in [6, 6.07) is 2.58. The minimum atomic E-state index is -3.66. The molecule has 0 aliphatic carbocycles. The third-order valence-electron chi connectivity index (χ3n) is 2.35. The zero-order chi connectivity index (χ0) is 13.2. The molecule has 1 atom stereocenters. The number of hydrogen-bond acceptors (Lipinski definition) is 3. The van der Waals surface area contributed by atoms with Gasteiger partial charge in [0.1, 0.15) is 4.90 Å². The summed E-state index contributed by atoms with van der Waals surface area (Å²) in [4.78, 5) is -0.0543. The summed E-state index contributed by atoms with van der Waals surface area (Å²) in [7, 11) is -3.66. The lowest BCUT2D eigenvalue weighted by Gasteiger charge is -2.14. The summed E-state index contributed by atoms with van der Waals surface area (Å²) in [6.45, 7) is 3.65. The molecule has 1 aromatic rings. The second-order valence-corrected chi connectivity index (χ2v) is 6.17. The fourth-order valence-electron chi connectivity index (χ4n) is 1.17. The first kappa shape index (κ1) is 14.6. The lowest BCUT2D eigenvalue weighted by Crippen LogP contribution is -2.32. The Morgan fingerprint density at radius 3 is 2.53 bits per heavy atom. The molecule has 0 bridgehead atoms. The second-order valence-electron chi connectivity index (χ2n) is 3.70. The van der Waals surface area contributed by atoms with E-state index in [-0.39, 0.29) is 26.7 Å². The summed E-state index contributed by atoms with van der Waals surface area (Å²) in [5, 5.41) is 0.186. The number of nitrogen functional groups attached to an aromatic ring is 1. The Morgan fingerprint density at radius 2 is 2.00 bits per heavy atom. The van der Waals surface area contributed by atoms with Gasteiger partial charge in [-0.3, -0.25) is 0 Å². The average Bonchev–Trinajstić information content (AvgIpc) is 2.24. The fourth-order valence-corrected chi connectivity index (χ4v) is 3.26. The zero-order valence-electron chi connectivity index (χ0n) is 9.50. The summed E-state index contributed by atoms with van der Waals surface area (Å²) < 4.78 is 26.5. The minimum Gasteiger partial charge on any atom is -0.396 e. The van der Waals surface area contributed by atoms with Crippen LogP contribution in [0.25, 0.3) is 0 Å². The van der Waals surface area contributed by atoms with Crippen molar-refractivity contribution in [3.8, 4) is 0 Å².